The highest BCUT2D eigenvalue weighted by Gasteiger charge is 2.16. The number of amides is 1. The molecule has 1 aliphatic rings. The molecular weight excluding hydrogens is 318 g/mol. The predicted octanol–water partition coefficient (Wildman–Crippen LogP) is 2.63. The largest absolute Gasteiger partial charge is 0.481 e. The van der Waals surface area contributed by atoms with Crippen molar-refractivity contribution in [3.63, 3.8) is 0 Å². The first-order valence-corrected chi connectivity index (χ1v) is 8.45. The second-order valence-corrected chi connectivity index (χ2v) is 6.07. The first-order valence-electron chi connectivity index (χ1n) is 8.45. The van der Waals surface area contributed by atoms with Crippen LogP contribution in [0.3, 0.4) is 0 Å². The van der Waals surface area contributed by atoms with E-state index in [0.717, 1.165) is 24.5 Å². The smallest absolute Gasteiger partial charge is 0.265 e. The van der Waals surface area contributed by atoms with Gasteiger partial charge < -0.3 is 19.7 Å². The fraction of sp³-hybridized carbons (Fsp3) is 0.368. The fourth-order valence-electron chi connectivity index (χ4n) is 2.56. The third-order valence-corrected chi connectivity index (χ3v) is 4.05. The first kappa shape index (κ1) is 17.2. The Kier molecular flexibility index (Phi) is 5.50. The molecule has 1 N–H and O–H groups in total. The maximum atomic E-state index is 12.3. The molecule has 0 radical (unpaired) electrons. The quantitative estimate of drug-likeness (QED) is 0.906. The van der Waals surface area contributed by atoms with Crippen LogP contribution in [0.15, 0.2) is 42.6 Å². The Bertz CT molecular complexity index is 695. The summed E-state index contributed by atoms with van der Waals surface area (Å²) in [4.78, 5) is 18.9. The summed E-state index contributed by atoms with van der Waals surface area (Å²) in [6, 6.07) is 11.4. The van der Waals surface area contributed by atoms with Crippen molar-refractivity contribution in [2.24, 2.45) is 0 Å². The molecule has 1 aliphatic heterocycles. The number of aryl methyl sites for hydroxylation is 1. The number of hydrogen-bond acceptors (Lipinski definition) is 5. The third kappa shape index (κ3) is 4.70. The third-order valence-electron chi connectivity index (χ3n) is 4.05. The number of rotatable bonds is 5. The van der Waals surface area contributed by atoms with Gasteiger partial charge in [0.25, 0.3) is 5.91 Å². The monoisotopic (exact) mass is 341 g/mol. The summed E-state index contributed by atoms with van der Waals surface area (Å²) in [7, 11) is 0. The zero-order valence-corrected chi connectivity index (χ0v) is 14.6. The van der Waals surface area contributed by atoms with E-state index < -0.39 is 6.10 Å². The Labute approximate surface area is 147 Å². The Morgan fingerprint density at radius 1 is 1.20 bits per heavy atom. The van der Waals surface area contributed by atoms with E-state index in [2.05, 4.69) is 15.2 Å². The molecule has 2 heterocycles. The Hall–Kier alpha value is -2.60. The van der Waals surface area contributed by atoms with Crippen molar-refractivity contribution in [1.82, 2.24) is 4.98 Å². The van der Waals surface area contributed by atoms with E-state index in [1.54, 1.807) is 13.1 Å². The summed E-state index contributed by atoms with van der Waals surface area (Å²) in [5, 5.41) is 2.83. The van der Waals surface area contributed by atoms with Gasteiger partial charge in [0.05, 0.1) is 25.1 Å². The van der Waals surface area contributed by atoms with Gasteiger partial charge in [0.2, 0.25) is 0 Å². The van der Waals surface area contributed by atoms with Gasteiger partial charge in [-0.1, -0.05) is 17.7 Å². The van der Waals surface area contributed by atoms with Crippen LogP contribution in [-0.4, -0.2) is 43.3 Å². The average molecular weight is 341 g/mol. The molecule has 1 saturated heterocycles. The van der Waals surface area contributed by atoms with E-state index in [4.69, 9.17) is 9.47 Å². The SMILES string of the molecule is Cc1ccc(O[C@H](C)C(=O)Nc2ccc(N3CCOCC3)nc2)cc1. The maximum absolute atomic E-state index is 12.3. The van der Waals surface area contributed by atoms with E-state index in [9.17, 15) is 4.79 Å². The van der Waals surface area contributed by atoms with Gasteiger partial charge >= 0.3 is 0 Å². The highest BCUT2D eigenvalue weighted by molar-refractivity contribution is 5.94. The van der Waals surface area contributed by atoms with Gasteiger partial charge in [-0.3, -0.25) is 4.79 Å². The summed E-state index contributed by atoms with van der Waals surface area (Å²) >= 11 is 0. The number of ether oxygens (including phenoxy) is 2. The molecule has 3 rings (SSSR count). The van der Waals surface area contributed by atoms with Crippen LogP contribution in [0.2, 0.25) is 0 Å². The molecule has 0 unspecified atom stereocenters. The molecule has 0 aliphatic carbocycles. The van der Waals surface area contributed by atoms with Gasteiger partial charge in [-0.15, -0.1) is 0 Å². The number of anilines is 2. The van der Waals surface area contributed by atoms with Crippen LogP contribution in [0.25, 0.3) is 0 Å². The Morgan fingerprint density at radius 3 is 2.56 bits per heavy atom. The lowest BCUT2D eigenvalue weighted by atomic mass is 10.2. The first-order chi connectivity index (χ1) is 12.1. The molecular formula is C19H23N3O3. The number of hydrogen-bond donors (Lipinski definition) is 1. The second kappa shape index (κ2) is 7.98. The van der Waals surface area contributed by atoms with E-state index in [1.165, 1.54) is 0 Å². The van der Waals surface area contributed by atoms with E-state index in [1.807, 2.05) is 43.3 Å². The number of nitrogens with zero attached hydrogens (tertiary/aromatic N) is 2. The lowest BCUT2D eigenvalue weighted by Gasteiger charge is -2.27. The number of pyridine rings is 1. The molecule has 1 amide bonds. The van der Waals surface area contributed by atoms with Crippen LogP contribution in [-0.2, 0) is 9.53 Å². The predicted molar refractivity (Wildman–Crippen MR) is 97.2 cm³/mol. The van der Waals surface area contributed by atoms with Gasteiger partial charge in [-0.2, -0.15) is 0 Å². The molecule has 1 aromatic carbocycles. The molecule has 6 heteroatoms. The number of morpholine rings is 1. The minimum Gasteiger partial charge on any atom is -0.481 e. The van der Waals surface area contributed by atoms with Crippen molar-refractivity contribution in [1.29, 1.82) is 0 Å². The molecule has 1 fully saturated rings. The lowest BCUT2D eigenvalue weighted by Crippen LogP contribution is -2.36. The molecule has 0 spiro atoms. The average Bonchev–Trinajstić information content (AvgIpc) is 2.65. The summed E-state index contributed by atoms with van der Waals surface area (Å²) in [5.74, 6) is 1.36. The summed E-state index contributed by atoms with van der Waals surface area (Å²) < 4.78 is 11.0. The topological polar surface area (TPSA) is 63.7 Å². The molecule has 1 aromatic heterocycles. The Balaban J connectivity index is 1.55. The van der Waals surface area contributed by atoms with Crippen LogP contribution in [0.5, 0.6) is 5.75 Å². The van der Waals surface area contributed by atoms with Crippen LogP contribution in [0, 0.1) is 6.92 Å². The van der Waals surface area contributed by atoms with Gasteiger partial charge in [0.1, 0.15) is 11.6 Å². The highest BCUT2D eigenvalue weighted by atomic mass is 16.5. The van der Waals surface area contributed by atoms with Crippen LogP contribution in [0.1, 0.15) is 12.5 Å². The van der Waals surface area contributed by atoms with Crippen LogP contribution >= 0.6 is 0 Å². The van der Waals surface area contributed by atoms with Gasteiger partial charge in [-0.25, -0.2) is 4.98 Å². The minimum atomic E-state index is -0.596. The number of nitrogens with one attached hydrogen (secondary N) is 1. The zero-order valence-electron chi connectivity index (χ0n) is 14.6. The molecule has 25 heavy (non-hydrogen) atoms. The Morgan fingerprint density at radius 2 is 1.92 bits per heavy atom. The number of aromatic nitrogens is 1. The summed E-state index contributed by atoms with van der Waals surface area (Å²) in [6.07, 6.45) is 1.07. The zero-order chi connectivity index (χ0) is 17.6. The van der Waals surface area contributed by atoms with E-state index >= 15 is 0 Å². The highest BCUT2D eigenvalue weighted by Crippen LogP contribution is 2.17. The van der Waals surface area contributed by atoms with E-state index in [0.29, 0.717) is 24.7 Å². The number of benzene rings is 1. The molecule has 0 bridgehead atoms. The van der Waals surface area contributed by atoms with Crippen molar-refractivity contribution in [2.45, 2.75) is 20.0 Å². The normalized spacial score (nSPS) is 15.5. The fourth-order valence-corrected chi connectivity index (χ4v) is 2.56. The van der Waals surface area contributed by atoms with Crippen molar-refractivity contribution in [3.8, 4) is 5.75 Å². The second-order valence-electron chi connectivity index (χ2n) is 6.07. The summed E-state index contributed by atoms with van der Waals surface area (Å²) in [6.45, 7) is 6.83. The number of carbonyl (C=O) groups excluding carboxylic acids is 1. The molecule has 6 nitrogen and oxygen atoms in total. The molecule has 2 aromatic rings. The molecule has 1 atom stereocenters. The van der Waals surface area contributed by atoms with Crippen molar-refractivity contribution in [3.05, 3.63) is 48.2 Å². The van der Waals surface area contributed by atoms with Crippen molar-refractivity contribution < 1.29 is 14.3 Å². The standard InChI is InChI=1S/C19H23N3O3/c1-14-3-6-17(7-4-14)25-15(2)19(23)21-16-5-8-18(20-13-16)22-9-11-24-12-10-22/h3-8,13,15H,9-12H2,1-2H3,(H,21,23)/t15-/m1/s1. The molecule has 132 valence electrons. The minimum absolute atomic E-state index is 0.207. The van der Waals surface area contributed by atoms with Crippen molar-refractivity contribution >= 4 is 17.4 Å². The van der Waals surface area contributed by atoms with Gasteiger partial charge in [0.15, 0.2) is 6.10 Å². The lowest BCUT2D eigenvalue weighted by molar-refractivity contribution is -0.122. The van der Waals surface area contributed by atoms with Crippen LogP contribution in [0.4, 0.5) is 11.5 Å². The van der Waals surface area contributed by atoms with E-state index in [-0.39, 0.29) is 5.91 Å². The maximum Gasteiger partial charge on any atom is 0.265 e. The number of carbonyl (C=O) groups is 1. The summed E-state index contributed by atoms with van der Waals surface area (Å²) in [5.41, 5.74) is 1.80. The van der Waals surface area contributed by atoms with Gasteiger partial charge in [-0.05, 0) is 38.1 Å². The molecule has 0 saturated carbocycles. The van der Waals surface area contributed by atoms with Gasteiger partial charge in [0, 0.05) is 13.1 Å². The van der Waals surface area contributed by atoms with Crippen molar-refractivity contribution in [2.75, 3.05) is 36.5 Å². The van der Waals surface area contributed by atoms with Crippen LogP contribution < -0.4 is 15.0 Å².